The summed E-state index contributed by atoms with van der Waals surface area (Å²) in [4.78, 5) is 0. The summed E-state index contributed by atoms with van der Waals surface area (Å²) >= 11 is 20.6. The minimum atomic E-state index is -0.507. The highest BCUT2D eigenvalue weighted by Gasteiger charge is 2.16. The second kappa shape index (κ2) is 6.13. The molecule has 13 heteroatoms. The minimum Gasteiger partial charge on any atom is -0.401 e. The predicted octanol–water partition coefficient (Wildman–Crippen LogP) is 3.50. The van der Waals surface area contributed by atoms with Crippen LogP contribution in [-0.4, -0.2) is 36.2 Å². The van der Waals surface area contributed by atoms with Crippen LogP contribution in [0.4, 0.5) is 0 Å². The highest BCUT2D eigenvalue weighted by atomic mass is 32.2. The van der Waals surface area contributed by atoms with Crippen LogP contribution < -0.4 is 0 Å². The molecule has 0 aliphatic rings. The van der Waals surface area contributed by atoms with E-state index < -0.39 is 7.12 Å². The Kier molecular flexibility index (Phi) is 4.53. The lowest BCUT2D eigenvalue weighted by Gasteiger charge is -2.28. The predicted molar refractivity (Wildman–Crippen MR) is 99.0 cm³/mol. The number of rotatable bonds is 3. The van der Waals surface area contributed by atoms with Crippen LogP contribution in [0.15, 0.2) is 0 Å². The molecule has 0 unspecified atom stereocenters. The fraction of sp³-hybridized carbons (Fsp3) is 0.333. The van der Waals surface area contributed by atoms with E-state index in [4.69, 9.17) is 36.7 Å². The molecule has 22 heavy (non-hydrogen) atoms. The molecule has 1 radical (unpaired) electrons. The summed E-state index contributed by atoms with van der Waals surface area (Å²) in [6.45, 7) is 5.72. The minimum absolute atomic E-state index is 0.507. The zero-order valence-electron chi connectivity index (χ0n) is 11.7. The summed E-state index contributed by atoms with van der Waals surface area (Å²) in [5.41, 5.74) is 0. The average molecular weight is 404 g/mol. The Balaban J connectivity index is 2.32. The molecule has 0 aliphatic carbocycles. The summed E-state index contributed by atoms with van der Waals surface area (Å²) in [6.07, 6.45) is 0. The van der Waals surface area contributed by atoms with E-state index in [0.29, 0.717) is 11.9 Å². The molecule has 3 aromatic rings. The zero-order valence-corrected chi connectivity index (χ0v) is 16.6. The molecule has 0 saturated carbocycles. The molecule has 6 nitrogen and oxygen atoms in total. The quantitative estimate of drug-likeness (QED) is 0.492. The molecule has 0 fully saturated rings. The second-order valence-electron chi connectivity index (χ2n) is 4.34. The van der Waals surface area contributed by atoms with Crippen LogP contribution in [0.25, 0.3) is 0 Å². The molecular weight excluding hydrogens is 395 g/mol. The van der Waals surface area contributed by atoms with Gasteiger partial charge in [0, 0.05) is 0 Å². The fourth-order valence-corrected chi connectivity index (χ4v) is 5.23. The van der Waals surface area contributed by atoms with Gasteiger partial charge in [0.2, 0.25) is 0 Å². The van der Waals surface area contributed by atoms with E-state index in [1.807, 2.05) is 20.8 Å². The number of hydrogen-bond acceptors (Lipinski definition) is 9. The maximum Gasteiger partial charge on any atom is 0.269 e. The van der Waals surface area contributed by atoms with Crippen molar-refractivity contribution in [3.8, 4) is 0 Å². The third-order valence-electron chi connectivity index (χ3n) is 2.67. The first kappa shape index (κ1) is 16.3. The van der Waals surface area contributed by atoms with E-state index in [1.54, 1.807) is 13.8 Å². The highest BCUT2D eigenvalue weighted by molar-refractivity contribution is 7.74. The first-order valence-electron chi connectivity index (χ1n) is 6.05. The zero-order chi connectivity index (χ0) is 16.0. The van der Waals surface area contributed by atoms with E-state index in [0.717, 1.165) is 15.0 Å². The molecule has 0 bridgehead atoms. The van der Waals surface area contributed by atoms with Gasteiger partial charge in [-0.05, 0) is 20.8 Å². The lowest BCUT2D eigenvalue weighted by atomic mass is 9.96. The van der Waals surface area contributed by atoms with Crippen molar-refractivity contribution in [2.24, 2.45) is 0 Å². The topological polar surface area (TPSA) is 53.5 Å². The lowest BCUT2D eigenvalue weighted by molar-refractivity contribution is 0.748. The van der Waals surface area contributed by atoms with Gasteiger partial charge < -0.3 is 13.8 Å². The van der Waals surface area contributed by atoms with Gasteiger partial charge in [0.25, 0.3) is 7.12 Å². The van der Waals surface area contributed by atoms with Crippen LogP contribution in [0, 0.1) is 32.6 Å². The van der Waals surface area contributed by atoms with Crippen molar-refractivity contribution in [2.75, 3.05) is 0 Å². The van der Waals surface area contributed by atoms with E-state index in [2.05, 4.69) is 15.3 Å². The molecule has 0 amide bonds. The van der Waals surface area contributed by atoms with Gasteiger partial charge in [-0.25, -0.2) is 15.3 Å². The van der Waals surface area contributed by atoms with Crippen molar-refractivity contribution < 1.29 is 0 Å². The Morgan fingerprint density at radius 3 is 1.14 bits per heavy atom. The maximum atomic E-state index is 5.42. The molecule has 3 rings (SSSR count). The van der Waals surface area contributed by atoms with Gasteiger partial charge in [-0.2, -0.15) is 0 Å². The summed E-state index contributed by atoms with van der Waals surface area (Å²) in [6, 6.07) is 0. The van der Waals surface area contributed by atoms with Gasteiger partial charge in [0.05, 0.1) is 0 Å². The highest BCUT2D eigenvalue weighted by Crippen LogP contribution is 2.15. The summed E-state index contributed by atoms with van der Waals surface area (Å²) < 4.78 is 6.96. The molecule has 3 heterocycles. The van der Waals surface area contributed by atoms with Crippen LogP contribution in [0.5, 0.6) is 0 Å². The van der Waals surface area contributed by atoms with Gasteiger partial charge >= 0.3 is 0 Å². The SMILES string of the molecule is Cc1nn([B-](n2nc(C)sc2=S)n2nc(C)sc2=S)c(=S)s1. The largest absolute Gasteiger partial charge is 0.401 e. The normalized spacial score (nSPS) is 11.5. The van der Waals surface area contributed by atoms with Crippen LogP contribution in [0.1, 0.15) is 15.0 Å². The first-order valence-corrected chi connectivity index (χ1v) is 9.73. The number of hydrogen-bond donors (Lipinski definition) is 0. The van der Waals surface area contributed by atoms with Gasteiger partial charge in [-0.15, -0.1) is 0 Å². The third kappa shape index (κ3) is 2.93. The Labute approximate surface area is 153 Å². The third-order valence-corrected chi connectivity index (χ3v) is 6.20. The van der Waals surface area contributed by atoms with Gasteiger partial charge in [-0.3, -0.25) is 0 Å². The van der Waals surface area contributed by atoms with Crippen molar-refractivity contribution >= 4 is 77.8 Å². The van der Waals surface area contributed by atoms with Gasteiger partial charge in [0.15, 0.2) is 0 Å². The lowest BCUT2D eigenvalue weighted by Crippen LogP contribution is -2.44. The molecule has 0 atom stereocenters. The first-order chi connectivity index (χ1) is 10.4. The molecule has 0 spiro atoms. The molecule has 0 N–H and O–H groups in total. The standard InChI is InChI=1S/C9H9BN6S6/c1-4-11-14(7(17)20-4)10(15-8(18)21-5(2)12-15)16-9(19)22-6(3)13-16/h1-3H3/q-1. The Hall–Kier alpha value is -0.595. The van der Waals surface area contributed by atoms with Crippen molar-refractivity contribution in [3.63, 3.8) is 0 Å². The molecule has 0 aromatic carbocycles. The van der Waals surface area contributed by atoms with Gasteiger partial charge in [0.1, 0.15) is 26.9 Å². The van der Waals surface area contributed by atoms with E-state index >= 15 is 0 Å². The van der Waals surface area contributed by atoms with Crippen molar-refractivity contribution in [3.05, 3.63) is 26.9 Å². The summed E-state index contributed by atoms with van der Waals surface area (Å²) in [5.74, 6) is 0. The Bertz CT molecular complexity index is 872. The summed E-state index contributed by atoms with van der Waals surface area (Å²) in [7, 11) is -0.507. The molecular formula is C9H9BN6S6-. The van der Waals surface area contributed by atoms with Crippen molar-refractivity contribution in [1.82, 2.24) is 29.1 Å². The van der Waals surface area contributed by atoms with Crippen LogP contribution in [0.3, 0.4) is 0 Å². The fourth-order valence-electron chi connectivity index (χ4n) is 1.91. The second-order valence-corrected chi connectivity index (χ2v) is 9.82. The van der Waals surface area contributed by atoms with Crippen molar-refractivity contribution in [2.45, 2.75) is 20.8 Å². The van der Waals surface area contributed by atoms with Crippen molar-refractivity contribution in [1.29, 1.82) is 0 Å². The van der Waals surface area contributed by atoms with Crippen LogP contribution in [-0.2, 0) is 0 Å². The average Bonchev–Trinajstić information content (AvgIpc) is 3.02. The number of aryl methyl sites for hydroxylation is 3. The Morgan fingerprint density at radius 1 is 0.682 bits per heavy atom. The molecule has 0 aliphatic heterocycles. The number of aromatic nitrogens is 6. The molecule has 3 aromatic heterocycles. The number of nitrogens with zero attached hydrogens (tertiary/aromatic N) is 6. The monoisotopic (exact) mass is 404 g/mol. The van der Waals surface area contributed by atoms with E-state index in [1.165, 1.54) is 34.0 Å². The van der Waals surface area contributed by atoms with Crippen LogP contribution >= 0.6 is 70.7 Å². The Morgan fingerprint density at radius 2 is 0.955 bits per heavy atom. The summed E-state index contributed by atoms with van der Waals surface area (Å²) in [5, 5.41) is 16.1. The maximum absolute atomic E-state index is 5.42. The van der Waals surface area contributed by atoms with E-state index in [-0.39, 0.29) is 0 Å². The van der Waals surface area contributed by atoms with E-state index in [9.17, 15) is 0 Å². The smallest absolute Gasteiger partial charge is 0.269 e. The molecule has 0 saturated heterocycles. The van der Waals surface area contributed by atoms with Gasteiger partial charge in [-0.1, -0.05) is 70.7 Å². The molecule has 115 valence electrons. The van der Waals surface area contributed by atoms with Crippen LogP contribution in [0.2, 0.25) is 0 Å².